The number of hydrogen-bond donors (Lipinski definition) is 2. The van der Waals surface area contributed by atoms with E-state index in [1.54, 1.807) is 42.5 Å². The number of amides is 2. The molecule has 0 saturated heterocycles. The number of rotatable bonds is 5. The molecule has 1 aromatic heterocycles. The largest absolute Gasteiger partial charge is 0.394 e. The molecular formula is C20H18FN3O2. The summed E-state index contributed by atoms with van der Waals surface area (Å²) < 4.78 is 14.3. The van der Waals surface area contributed by atoms with Crippen molar-refractivity contribution in [2.75, 3.05) is 11.5 Å². The molecule has 1 atom stereocenters. The van der Waals surface area contributed by atoms with Crippen LogP contribution in [0.5, 0.6) is 0 Å². The molecule has 1 unspecified atom stereocenters. The second kappa shape index (κ2) is 8.22. The van der Waals surface area contributed by atoms with Crippen molar-refractivity contribution in [3.8, 4) is 0 Å². The summed E-state index contributed by atoms with van der Waals surface area (Å²) in [5.41, 5.74) is 1.21. The van der Waals surface area contributed by atoms with E-state index in [2.05, 4.69) is 10.3 Å². The molecule has 26 heavy (non-hydrogen) atoms. The second-order valence-electron chi connectivity index (χ2n) is 5.58. The van der Waals surface area contributed by atoms with Crippen LogP contribution in [0.15, 0.2) is 79.0 Å². The lowest BCUT2D eigenvalue weighted by atomic mass is 10.1. The fourth-order valence-corrected chi connectivity index (χ4v) is 2.59. The summed E-state index contributed by atoms with van der Waals surface area (Å²) in [7, 11) is 0. The fraction of sp³-hybridized carbons (Fsp3) is 0.100. The van der Waals surface area contributed by atoms with Gasteiger partial charge in [-0.2, -0.15) is 0 Å². The van der Waals surface area contributed by atoms with Gasteiger partial charge in [-0.15, -0.1) is 0 Å². The van der Waals surface area contributed by atoms with Gasteiger partial charge in [-0.3, -0.25) is 0 Å². The van der Waals surface area contributed by atoms with Gasteiger partial charge in [0, 0.05) is 6.20 Å². The van der Waals surface area contributed by atoms with E-state index in [1.807, 2.05) is 18.2 Å². The number of para-hydroxylation sites is 1. The van der Waals surface area contributed by atoms with Crippen molar-refractivity contribution >= 4 is 17.5 Å². The Kier molecular flexibility index (Phi) is 5.56. The van der Waals surface area contributed by atoms with Crippen LogP contribution >= 0.6 is 0 Å². The average molecular weight is 351 g/mol. The number of carbonyl (C=O) groups is 1. The summed E-state index contributed by atoms with van der Waals surface area (Å²) in [6.45, 7) is -0.289. The minimum absolute atomic E-state index is 0.110. The van der Waals surface area contributed by atoms with Crippen LogP contribution in [0.1, 0.15) is 11.6 Å². The predicted molar refractivity (Wildman–Crippen MR) is 97.6 cm³/mol. The number of urea groups is 1. The highest BCUT2D eigenvalue weighted by atomic mass is 19.1. The van der Waals surface area contributed by atoms with Crippen molar-refractivity contribution in [2.24, 2.45) is 0 Å². The number of aromatic nitrogens is 1. The fourth-order valence-electron chi connectivity index (χ4n) is 2.59. The van der Waals surface area contributed by atoms with Gasteiger partial charge in [0.05, 0.1) is 18.3 Å². The van der Waals surface area contributed by atoms with E-state index in [-0.39, 0.29) is 12.4 Å². The summed E-state index contributed by atoms with van der Waals surface area (Å²) >= 11 is 0. The molecule has 3 rings (SSSR count). The van der Waals surface area contributed by atoms with Gasteiger partial charge in [0.25, 0.3) is 0 Å². The molecule has 0 bridgehead atoms. The maximum atomic E-state index is 14.3. The maximum absolute atomic E-state index is 14.3. The molecule has 0 radical (unpaired) electrons. The van der Waals surface area contributed by atoms with Crippen molar-refractivity contribution in [3.05, 3.63) is 90.4 Å². The third-order valence-electron chi connectivity index (χ3n) is 3.85. The number of anilines is 2. The van der Waals surface area contributed by atoms with E-state index in [9.17, 15) is 14.3 Å². The molecule has 0 fully saturated rings. The zero-order chi connectivity index (χ0) is 18.4. The summed E-state index contributed by atoms with van der Waals surface area (Å²) in [6.07, 6.45) is 1.42. The first-order valence-corrected chi connectivity index (χ1v) is 8.12. The molecular weight excluding hydrogens is 333 g/mol. The van der Waals surface area contributed by atoms with Crippen LogP contribution < -0.4 is 10.2 Å². The van der Waals surface area contributed by atoms with Gasteiger partial charge >= 0.3 is 6.03 Å². The summed E-state index contributed by atoms with van der Waals surface area (Å²) in [5.74, 6) is -0.729. The van der Waals surface area contributed by atoms with Gasteiger partial charge in [-0.25, -0.2) is 19.1 Å². The van der Waals surface area contributed by atoms with E-state index < -0.39 is 17.9 Å². The van der Waals surface area contributed by atoms with Crippen molar-refractivity contribution in [1.82, 2.24) is 10.3 Å². The molecule has 0 aliphatic rings. The summed E-state index contributed by atoms with van der Waals surface area (Å²) in [4.78, 5) is 18.1. The second-order valence-corrected chi connectivity index (χ2v) is 5.58. The summed E-state index contributed by atoms with van der Waals surface area (Å²) in [6, 6.07) is 19.2. The lowest BCUT2D eigenvalue weighted by molar-refractivity contribution is 0.222. The van der Waals surface area contributed by atoms with E-state index in [4.69, 9.17) is 0 Å². The Morgan fingerprint density at radius 3 is 2.31 bits per heavy atom. The van der Waals surface area contributed by atoms with Gasteiger partial charge in [0.2, 0.25) is 0 Å². The monoisotopic (exact) mass is 351 g/mol. The van der Waals surface area contributed by atoms with Gasteiger partial charge in [-0.1, -0.05) is 48.5 Å². The number of pyridine rings is 1. The molecule has 2 amide bonds. The predicted octanol–water partition coefficient (Wildman–Crippen LogP) is 3.80. The average Bonchev–Trinajstić information content (AvgIpc) is 2.69. The van der Waals surface area contributed by atoms with Crippen LogP contribution in [0.3, 0.4) is 0 Å². The van der Waals surface area contributed by atoms with Crippen LogP contribution in [0.2, 0.25) is 0 Å². The third kappa shape index (κ3) is 3.87. The number of carbonyl (C=O) groups excluding carboxylic acids is 1. The van der Waals surface area contributed by atoms with Crippen LogP contribution in [0.25, 0.3) is 0 Å². The van der Waals surface area contributed by atoms with Crippen LogP contribution in [0, 0.1) is 5.82 Å². The molecule has 1 heterocycles. The number of nitrogens with zero attached hydrogens (tertiary/aromatic N) is 2. The first kappa shape index (κ1) is 17.6. The van der Waals surface area contributed by atoms with Crippen molar-refractivity contribution in [1.29, 1.82) is 0 Å². The third-order valence-corrected chi connectivity index (χ3v) is 3.85. The highest BCUT2D eigenvalue weighted by Crippen LogP contribution is 2.26. The molecule has 2 aromatic carbocycles. The molecule has 5 nitrogen and oxygen atoms in total. The van der Waals surface area contributed by atoms with Gasteiger partial charge in [-0.05, 0) is 29.8 Å². The van der Waals surface area contributed by atoms with Gasteiger partial charge in [0.15, 0.2) is 11.6 Å². The molecule has 0 aliphatic carbocycles. The Balaban J connectivity index is 1.94. The number of aliphatic hydroxyl groups excluding tert-OH is 1. The van der Waals surface area contributed by atoms with Crippen molar-refractivity contribution in [2.45, 2.75) is 6.04 Å². The minimum Gasteiger partial charge on any atom is -0.394 e. The van der Waals surface area contributed by atoms with E-state index in [1.165, 1.54) is 18.3 Å². The Morgan fingerprint density at radius 2 is 1.69 bits per heavy atom. The SMILES string of the molecule is O=C(NC(CO)c1ccccc1)N(c1ccccc1)c1ncccc1F. The molecule has 132 valence electrons. The Morgan fingerprint density at radius 1 is 1.04 bits per heavy atom. The Hall–Kier alpha value is -3.25. The van der Waals surface area contributed by atoms with Gasteiger partial charge < -0.3 is 10.4 Å². The zero-order valence-electron chi connectivity index (χ0n) is 13.9. The lowest BCUT2D eigenvalue weighted by Crippen LogP contribution is -2.41. The Bertz CT molecular complexity index is 859. The van der Waals surface area contributed by atoms with Crippen LogP contribution in [-0.4, -0.2) is 22.7 Å². The number of aliphatic hydroxyl groups is 1. The highest BCUT2D eigenvalue weighted by molar-refractivity contribution is 5.98. The number of halogens is 1. The number of hydrogen-bond acceptors (Lipinski definition) is 3. The molecule has 0 saturated carbocycles. The Labute approximate surface area is 150 Å². The molecule has 0 spiro atoms. The zero-order valence-corrected chi connectivity index (χ0v) is 13.9. The minimum atomic E-state index is -0.623. The highest BCUT2D eigenvalue weighted by Gasteiger charge is 2.24. The number of benzene rings is 2. The summed E-state index contributed by atoms with van der Waals surface area (Å²) in [5, 5.41) is 12.4. The van der Waals surface area contributed by atoms with E-state index in [0.29, 0.717) is 5.69 Å². The first-order valence-electron chi connectivity index (χ1n) is 8.12. The number of nitrogens with one attached hydrogen (secondary N) is 1. The molecule has 0 aliphatic heterocycles. The van der Waals surface area contributed by atoms with E-state index >= 15 is 0 Å². The quantitative estimate of drug-likeness (QED) is 0.735. The van der Waals surface area contributed by atoms with Crippen LogP contribution in [0.4, 0.5) is 20.7 Å². The van der Waals surface area contributed by atoms with Gasteiger partial charge in [0.1, 0.15) is 0 Å². The molecule has 3 aromatic rings. The normalized spacial score (nSPS) is 11.6. The van der Waals surface area contributed by atoms with Crippen molar-refractivity contribution in [3.63, 3.8) is 0 Å². The lowest BCUT2D eigenvalue weighted by Gasteiger charge is -2.25. The first-order chi connectivity index (χ1) is 12.7. The van der Waals surface area contributed by atoms with Crippen LogP contribution in [-0.2, 0) is 0 Å². The standard InChI is InChI=1S/C20H18FN3O2/c21-17-12-7-13-22-19(17)24(16-10-5-2-6-11-16)20(26)23-18(14-25)15-8-3-1-4-9-15/h1-13,18,25H,14H2,(H,23,26). The molecule has 2 N–H and O–H groups in total. The van der Waals surface area contributed by atoms with Crippen molar-refractivity contribution < 1.29 is 14.3 Å². The smallest absolute Gasteiger partial charge is 0.328 e. The topological polar surface area (TPSA) is 65.5 Å². The van der Waals surface area contributed by atoms with E-state index in [0.717, 1.165) is 10.5 Å². The molecule has 6 heteroatoms. The maximum Gasteiger partial charge on any atom is 0.328 e.